The predicted octanol–water partition coefficient (Wildman–Crippen LogP) is 0.941. The number of hydrogen-bond acceptors (Lipinski definition) is 4. The number of phenolic OH excluding ortho intramolecular Hbond substituents is 2. The van der Waals surface area contributed by atoms with Gasteiger partial charge in [0.15, 0.2) is 0 Å². The summed E-state index contributed by atoms with van der Waals surface area (Å²) in [6, 6.07) is 4.21. The molecule has 0 bridgehead atoms. The minimum atomic E-state index is -0.410. The normalized spacial score (nSPS) is 22.3. The molecule has 1 saturated carbocycles. The van der Waals surface area contributed by atoms with Crippen molar-refractivity contribution >= 4 is 5.91 Å². The molecule has 1 aliphatic carbocycles. The number of rotatable bonds is 3. The average Bonchev–Trinajstić information content (AvgIpc) is 2.26. The van der Waals surface area contributed by atoms with Gasteiger partial charge in [0.1, 0.15) is 17.1 Å². The molecule has 0 unspecified atom stereocenters. The van der Waals surface area contributed by atoms with Crippen LogP contribution in [0.5, 0.6) is 11.5 Å². The minimum absolute atomic E-state index is 0.0696. The third kappa shape index (κ3) is 2.41. The molecule has 0 heterocycles. The van der Waals surface area contributed by atoms with E-state index in [9.17, 15) is 20.1 Å². The van der Waals surface area contributed by atoms with Crippen molar-refractivity contribution < 1.29 is 20.1 Å². The van der Waals surface area contributed by atoms with Crippen molar-refractivity contribution in [3.63, 3.8) is 0 Å². The maximum Gasteiger partial charge on any atom is 0.261 e. The number of carbonyl (C=O) groups excluding carboxylic acids is 1. The Labute approximate surface area is 105 Å². The summed E-state index contributed by atoms with van der Waals surface area (Å²) in [4.78, 5) is 13.6. The lowest BCUT2D eigenvalue weighted by atomic mass is 9.82. The van der Waals surface area contributed by atoms with E-state index < -0.39 is 5.91 Å². The number of hydrogen-bond donors (Lipinski definition) is 3. The molecule has 0 spiro atoms. The fraction of sp³-hybridized carbons (Fsp3) is 0.462. The number of amides is 1. The van der Waals surface area contributed by atoms with Crippen LogP contribution >= 0.6 is 0 Å². The standard InChI is InChI=1S/C13H17NO4/c1-14(7-8-5-9(15)6-8)13(18)12-10(16)3-2-4-11(12)17/h2-4,8-9,15-17H,5-7H2,1H3. The first-order chi connectivity index (χ1) is 8.49. The Morgan fingerprint density at radius 1 is 1.33 bits per heavy atom. The van der Waals surface area contributed by atoms with Gasteiger partial charge in [0, 0.05) is 13.6 Å². The Balaban J connectivity index is 2.06. The van der Waals surface area contributed by atoms with Gasteiger partial charge in [0.2, 0.25) is 0 Å². The maximum atomic E-state index is 12.1. The fourth-order valence-corrected chi connectivity index (χ4v) is 2.26. The highest BCUT2D eigenvalue weighted by molar-refractivity contribution is 5.99. The van der Waals surface area contributed by atoms with Gasteiger partial charge in [0.05, 0.1) is 6.10 Å². The van der Waals surface area contributed by atoms with Gasteiger partial charge in [-0.2, -0.15) is 0 Å². The second-order valence-corrected chi connectivity index (χ2v) is 4.85. The molecule has 18 heavy (non-hydrogen) atoms. The summed E-state index contributed by atoms with van der Waals surface area (Å²) in [5, 5.41) is 28.4. The molecule has 98 valence electrons. The van der Waals surface area contributed by atoms with Gasteiger partial charge in [-0.3, -0.25) is 4.79 Å². The van der Waals surface area contributed by atoms with Crippen molar-refractivity contribution in [1.82, 2.24) is 4.90 Å². The van der Waals surface area contributed by atoms with Crippen LogP contribution in [0, 0.1) is 5.92 Å². The van der Waals surface area contributed by atoms with Crippen molar-refractivity contribution in [2.45, 2.75) is 18.9 Å². The molecule has 5 heteroatoms. The van der Waals surface area contributed by atoms with E-state index in [2.05, 4.69) is 0 Å². The quantitative estimate of drug-likeness (QED) is 0.747. The topological polar surface area (TPSA) is 81.0 Å². The molecule has 0 saturated heterocycles. The highest BCUT2D eigenvalue weighted by Gasteiger charge is 2.30. The Bertz CT molecular complexity index is 434. The highest BCUT2D eigenvalue weighted by atomic mass is 16.3. The van der Waals surface area contributed by atoms with Crippen LogP contribution in [0.15, 0.2) is 18.2 Å². The minimum Gasteiger partial charge on any atom is -0.507 e. The summed E-state index contributed by atoms with van der Waals surface area (Å²) in [6.45, 7) is 0.518. The molecule has 1 aromatic carbocycles. The Hall–Kier alpha value is -1.75. The molecule has 0 atom stereocenters. The Morgan fingerprint density at radius 2 is 1.89 bits per heavy atom. The summed E-state index contributed by atoms with van der Waals surface area (Å²) in [7, 11) is 1.62. The average molecular weight is 251 g/mol. The third-order valence-corrected chi connectivity index (χ3v) is 3.32. The second kappa shape index (κ2) is 4.86. The van der Waals surface area contributed by atoms with Crippen molar-refractivity contribution in [2.75, 3.05) is 13.6 Å². The lowest BCUT2D eigenvalue weighted by Gasteiger charge is -2.34. The number of benzene rings is 1. The summed E-state index contributed by atoms with van der Waals surface area (Å²) in [6.07, 6.45) is 1.14. The molecule has 1 aliphatic rings. The number of phenols is 2. The van der Waals surface area contributed by atoms with Crippen LogP contribution in [0.2, 0.25) is 0 Å². The molecule has 2 rings (SSSR count). The van der Waals surface area contributed by atoms with Crippen molar-refractivity contribution in [1.29, 1.82) is 0 Å². The van der Waals surface area contributed by atoms with Gasteiger partial charge in [-0.25, -0.2) is 0 Å². The molecule has 0 aromatic heterocycles. The van der Waals surface area contributed by atoms with E-state index in [0.29, 0.717) is 25.3 Å². The van der Waals surface area contributed by atoms with Gasteiger partial charge < -0.3 is 20.2 Å². The van der Waals surface area contributed by atoms with Gasteiger partial charge in [0.25, 0.3) is 5.91 Å². The van der Waals surface area contributed by atoms with E-state index in [0.717, 1.165) is 0 Å². The summed E-state index contributed by atoms with van der Waals surface area (Å²) in [5.74, 6) is -0.560. The van der Waals surface area contributed by atoms with Gasteiger partial charge in [-0.15, -0.1) is 0 Å². The highest BCUT2D eigenvalue weighted by Crippen LogP contribution is 2.30. The third-order valence-electron chi connectivity index (χ3n) is 3.32. The van der Waals surface area contributed by atoms with Crippen molar-refractivity contribution in [2.24, 2.45) is 5.92 Å². The molecule has 1 fully saturated rings. The van der Waals surface area contributed by atoms with Crippen molar-refractivity contribution in [3.05, 3.63) is 23.8 Å². The van der Waals surface area contributed by atoms with Crippen LogP contribution in [0.4, 0.5) is 0 Å². The first-order valence-corrected chi connectivity index (χ1v) is 5.93. The zero-order valence-electron chi connectivity index (χ0n) is 10.2. The number of aliphatic hydroxyl groups excluding tert-OH is 1. The summed E-state index contributed by atoms with van der Waals surface area (Å²) in [5.41, 5.74) is -0.0696. The van der Waals surface area contributed by atoms with Gasteiger partial charge in [-0.1, -0.05) is 6.07 Å². The van der Waals surface area contributed by atoms with E-state index in [-0.39, 0.29) is 23.2 Å². The molecule has 1 amide bonds. The van der Waals surface area contributed by atoms with Crippen LogP contribution in [-0.2, 0) is 0 Å². The maximum absolute atomic E-state index is 12.1. The van der Waals surface area contributed by atoms with Crippen molar-refractivity contribution in [3.8, 4) is 11.5 Å². The van der Waals surface area contributed by atoms with Gasteiger partial charge in [-0.05, 0) is 30.9 Å². The number of aliphatic hydroxyl groups is 1. The van der Waals surface area contributed by atoms with Crippen LogP contribution in [-0.4, -0.2) is 45.8 Å². The zero-order valence-corrected chi connectivity index (χ0v) is 10.2. The molecule has 0 aliphatic heterocycles. The number of aromatic hydroxyl groups is 2. The monoisotopic (exact) mass is 251 g/mol. The number of carbonyl (C=O) groups is 1. The van der Waals surface area contributed by atoms with E-state index in [4.69, 9.17) is 0 Å². The number of nitrogens with zero attached hydrogens (tertiary/aromatic N) is 1. The molecular weight excluding hydrogens is 234 g/mol. The lowest BCUT2D eigenvalue weighted by Crippen LogP contribution is -2.39. The molecular formula is C13H17NO4. The Morgan fingerprint density at radius 3 is 2.39 bits per heavy atom. The summed E-state index contributed by atoms with van der Waals surface area (Å²) >= 11 is 0. The smallest absolute Gasteiger partial charge is 0.261 e. The van der Waals surface area contributed by atoms with E-state index in [1.807, 2.05) is 0 Å². The first-order valence-electron chi connectivity index (χ1n) is 5.93. The van der Waals surface area contributed by atoms with E-state index in [1.54, 1.807) is 7.05 Å². The molecule has 3 N–H and O–H groups in total. The van der Waals surface area contributed by atoms with Crippen LogP contribution in [0.3, 0.4) is 0 Å². The van der Waals surface area contributed by atoms with Crippen LogP contribution in [0.1, 0.15) is 23.2 Å². The second-order valence-electron chi connectivity index (χ2n) is 4.85. The van der Waals surface area contributed by atoms with Crippen LogP contribution < -0.4 is 0 Å². The molecule has 1 aromatic rings. The Kier molecular flexibility index (Phi) is 3.43. The summed E-state index contributed by atoms with van der Waals surface area (Å²) < 4.78 is 0. The largest absolute Gasteiger partial charge is 0.507 e. The lowest BCUT2D eigenvalue weighted by molar-refractivity contribution is 0.0263. The molecule has 0 radical (unpaired) electrons. The van der Waals surface area contributed by atoms with E-state index in [1.165, 1.54) is 23.1 Å². The SMILES string of the molecule is CN(CC1CC(O)C1)C(=O)c1c(O)cccc1O. The van der Waals surface area contributed by atoms with Gasteiger partial charge >= 0.3 is 0 Å². The van der Waals surface area contributed by atoms with E-state index >= 15 is 0 Å². The first kappa shape index (κ1) is 12.7. The van der Waals surface area contributed by atoms with Crippen LogP contribution in [0.25, 0.3) is 0 Å². The fourth-order valence-electron chi connectivity index (χ4n) is 2.26. The molecule has 5 nitrogen and oxygen atoms in total. The predicted molar refractivity (Wildman–Crippen MR) is 65.5 cm³/mol. The zero-order chi connectivity index (χ0) is 13.3.